The number of phosphoric acid groups is 3. The van der Waals surface area contributed by atoms with Crippen molar-refractivity contribution in [3.05, 3.63) is 86.5 Å². The number of phosphoric ester groups is 3. The first kappa shape index (κ1) is 60.9. The molecule has 0 spiro atoms. The van der Waals surface area contributed by atoms with Crippen molar-refractivity contribution in [1.82, 2.24) is 78.1 Å². The lowest BCUT2D eigenvalue weighted by Gasteiger charge is -2.31. The SMILES string of the molecule is Nc1ncnc2c1ncn2COCCOP(=O)([O-])O[C@@H]1[C@H](O)[C@@H](COP(=O)([O-])O[C@@H]2[C@H](O)[C@@H](COP(=O)([O-])O[C@@H]3[C@H](O)[C@@H](CO)O[C@H]3n3cnc4c(NCc5ccccc5)ncnc43)O[C@H]2n2cnc3c(N)ncnc32)O[C@H]1n1cnc2c(N)ncnc21. The van der Waals surface area contributed by atoms with E-state index >= 15 is 0 Å². The van der Waals surface area contributed by atoms with Gasteiger partial charge in [0.25, 0.3) is 23.5 Å². The monoisotopic (exact) mass is 1280 g/mol. The van der Waals surface area contributed by atoms with Gasteiger partial charge in [-0.1, -0.05) is 30.3 Å². The molecule has 0 radical (unpaired) electrons. The smallest absolute Gasteiger partial charge is 0.268 e. The molecule has 40 nitrogen and oxygen atoms in total. The average molecular weight is 1280 g/mol. The van der Waals surface area contributed by atoms with E-state index in [1.165, 1.54) is 34.4 Å². The molecular weight excluding hydrogens is 1230 g/mol. The molecule has 3 saturated heterocycles. The normalized spacial score (nSPS) is 26.9. The van der Waals surface area contributed by atoms with E-state index in [4.69, 9.17) is 63.3 Å². The van der Waals surface area contributed by atoms with Gasteiger partial charge in [-0.3, -0.25) is 32.0 Å². The summed E-state index contributed by atoms with van der Waals surface area (Å²) >= 11 is 0. The van der Waals surface area contributed by atoms with Gasteiger partial charge in [0.1, 0.15) is 104 Å². The molecule has 3 unspecified atom stereocenters. The minimum Gasteiger partial charge on any atom is -0.756 e. The number of hydrogen-bond acceptors (Lipinski definition) is 36. The highest BCUT2D eigenvalue weighted by Gasteiger charge is 2.52. The maximum Gasteiger partial charge on any atom is 0.268 e. The van der Waals surface area contributed by atoms with Gasteiger partial charge in [-0.05, 0) is 5.56 Å². The molecule has 3 aliphatic heterocycles. The van der Waals surface area contributed by atoms with Gasteiger partial charge in [-0.25, -0.2) is 59.8 Å². The van der Waals surface area contributed by atoms with Crippen LogP contribution in [-0.4, -0.2) is 186 Å². The number of nitrogens with two attached hydrogens (primary N) is 3. The average Bonchev–Trinajstić information content (AvgIpc) is 2.19. The lowest BCUT2D eigenvalue weighted by molar-refractivity contribution is -0.238. The Bertz CT molecular complexity index is 4120. The minimum atomic E-state index is -5.80. The van der Waals surface area contributed by atoms with Crippen LogP contribution in [0.3, 0.4) is 0 Å². The number of aliphatic hydroxyl groups excluding tert-OH is 4. The quantitative estimate of drug-likeness (QED) is 0.0210. The molecular formula is C45H50N20O20P3-3. The van der Waals surface area contributed by atoms with Gasteiger partial charge in [0.2, 0.25) is 0 Å². The number of hydrogen-bond donors (Lipinski definition) is 8. The number of imidazole rings is 4. The van der Waals surface area contributed by atoms with Crippen molar-refractivity contribution < 1.29 is 94.9 Å². The van der Waals surface area contributed by atoms with Gasteiger partial charge >= 0.3 is 0 Å². The molecule has 0 amide bonds. The van der Waals surface area contributed by atoms with Crippen molar-refractivity contribution in [2.24, 2.45) is 0 Å². The Balaban J connectivity index is 0.730. The maximum atomic E-state index is 14.0. The fraction of sp³-hybridized carbons (Fsp3) is 0.422. The highest BCUT2D eigenvalue weighted by Crippen LogP contribution is 2.51. The van der Waals surface area contributed by atoms with Crippen LogP contribution in [0.25, 0.3) is 44.7 Å². The molecule has 3 fully saturated rings. The van der Waals surface area contributed by atoms with Gasteiger partial charge in [-0.15, -0.1) is 0 Å². The molecule has 11 N–H and O–H groups in total. The number of anilines is 4. The number of nitrogens with zero attached hydrogens (tertiary/aromatic N) is 16. The number of rotatable bonds is 25. The van der Waals surface area contributed by atoms with E-state index in [1.807, 2.05) is 30.3 Å². The van der Waals surface area contributed by atoms with E-state index in [-0.39, 0.29) is 64.3 Å². The largest absolute Gasteiger partial charge is 0.756 e. The number of fused-ring (bicyclic) bond motifs is 4. The summed E-state index contributed by atoms with van der Waals surface area (Å²) in [5, 5.41) is 48.0. The van der Waals surface area contributed by atoms with Crippen molar-refractivity contribution in [1.29, 1.82) is 0 Å². The van der Waals surface area contributed by atoms with Crippen LogP contribution in [0.4, 0.5) is 23.3 Å². The van der Waals surface area contributed by atoms with E-state index in [0.29, 0.717) is 23.5 Å². The van der Waals surface area contributed by atoms with Gasteiger partial charge in [0, 0.05) is 6.54 Å². The van der Waals surface area contributed by atoms with Crippen LogP contribution in [0.2, 0.25) is 0 Å². The Labute approximate surface area is 492 Å². The zero-order valence-electron chi connectivity index (χ0n) is 44.9. The van der Waals surface area contributed by atoms with Crippen molar-refractivity contribution in [3.8, 4) is 0 Å². The van der Waals surface area contributed by atoms with Crippen LogP contribution in [-0.2, 0) is 73.1 Å². The molecule has 3 aliphatic rings. The Kier molecular flexibility index (Phi) is 17.2. The first-order valence-corrected chi connectivity index (χ1v) is 30.5. The Morgan fingerprint density at radius 3 is 1.45 bits per heavy atom. The number of benzene rings is 1. The maximum absolute atomic E-state index is 14.0. The van der Waals surface area contributed by atoms with Crippen molar-refractivity contribution >= 4 is 91.4 Å². The summed E-state index contributed by atoms with van der Waals surface area (Å²) in [5.41, 5.74) is 19.7. The fourth-order valence-corrected chi connectivity index (χ4v) is 12.6. The van der Waals surface area contributed by atoms with Crippen molar-refractivity contribution in [2.45, 2.75) is 86.9 Å². The van der Waals surface area contributed by atoms with E-state index in [0.717, 1.165) is 40.0 Å². The molecule has 11 heterocycles. The van der Waals surface area contributed by atoms with E-state index in [1.54, 1.807) is 0 Å². The molecule has 468 valence electrons. The molecule has 9 aromatic rings. The zero-order chi connectivity index (χ0) is 61.6. The van der Waals surface area contributed by atoms with Crippen LogP contribution in [0.15, 0.2) is 81.0 Å². The summed E-state index contributed by atoms with van der Waals surface area (Å²) in [5.74, 6) is 0.214. The first-order chi connectivity index (χ1) is 42.3. The third kappa shape index (κ3) is 12.4. The highest BCUT2D eigenvalue weighted by atomic mass is 31.2. The van der Waals surface area contributed by atoms with Crippen LogP contribution < -0.4 is 37.2 Å². The molecule has 0 aliphatic carbocycles. The second-order valence-electron chi connectivity index (χ2n) is 19.6. The number of aliphatic hydroxyl groups is 4. The number of aromatic nitrogens is 16. The summed E-state index contributed by atoms with van der Waals surface area (Å²) in [4.78, 5) is 90.6. The van der Waals surface area contributed by atoms with Crippen LogP contribution >= 0.6 is 23.5 Å². The lowest BCUT2D eigenvalue weighted by Crippen LogP contribution is -2.38. The topological polar surface area (TPSA) is 558 Å². The molecule has 12 rings (SSSR count). The fourth-order valence-electron chi connectivity index (χ4n) is 9.89. The molecule has 15 atom stereocenters. The van der Waals surface area contributed by atoms with Gasteiger partial charge in [-0.2, -0.15) is 0 Å². The molecule has 43 heteroatoms. The summed E-state index contributed by atoms with van der Waals surface area (Å²) in [6.45, 7) is -3.76. The predicted octanol–water partition coefficient (Wildman–Crippen LogP) is -2.94. The Hall–Kier alpha value is -7.37. The zero-order valence-corrected chi connectivity index (χ0v) is 47.6. The number of nitrogens with one attached hydrogen (secondary N) is 1. The van der Waals surface area contributed by atoms with E-state index in [9.17, 15) is 48.8 Å². The third-order valence-electron chi connectivity index (χ3n) is 14.1. The second kappa shape index (κ2) is 24.9. The lowest BCUT2D eigenvalue weighted by atomic mass is 10.1. The number of nitrogen functional groups attached to an aromatic ring is 3. The van der Waals surface area contributed by atoms with Gasteiger partial charge < -0.3 is 104 Å². The summed E-state index contributed by atoms with van der Waals surface area (Å²) < 4.78 is 101. The first-order valence-electron chi connectivity index (χ1n) is 26.1. The predicted molar refractivity (Wildman–Crippen MR) is 286 cm³/mol. The molecule has 88 heavy (non-hydrogen) atoms. The second-order valence-corrected chi connectivity index (χ2v) is 23.7. The Morgan fingerprint density at radius 2 is 0.943 bits per heavy atom. The summed E-state index contributed by atoms with van der Waals surface area (Å²) in [6.07, 6.45) is -12.4. The van der Waals surface area contributed by atoms with Crippen molar-refractivity contribution in [2.75, 3.05) is 55.6 Å². The van der Waals surface area contributed by atoms with Crippen molar-refractivity contribution in [3.63, 3.8) is 0 Å². The summed E-state index contributed by atoms with van der Waals surface area (Å²) in [6, 6.07) is 9.36. The van der Waals surface area contributed by atoms with Gasteiger partial charge in [0.15, 0.2) is 70.1 Å². The van der Waals surface area contributed by atoms with E-state index < -0.39 is 124 Å². The van der Waals surface area contributed by atoms with Crippen LogP contribution in [0.1, 0.15) is 24.2 Å². The van der Waals surface area contributed by atoms with Crippen LogP contribution in [0, 0.1) is 0 Å². The third-order valence-corrected chi connectivity index (χ3v) is 17.0. The molecule has 0 saturated carbocycles. The number of ether oxygens (including phenoxy) is 4. The molecule has 1 aromatic carbocycles. The minimum absolute atomic E-state index is 0.00977. The standard InChI is InChI=1S/C45H53N20O20P3/c46-35-25-39(54-12-50-35)62(16-58-25)20-76-6-7-77-86(70,71)83-33-30(68)23(81-44(33)63-17-59-26-36(47)51-13-55-40(26)63)10-79-88(74,75)85-34-31(69)24(82-45(34)64-18-60-27-37(48)52-14-56-41(27)64)11-78-87(72,73)84-32-29(67)22(9-66)80-43(32)65-19-61-28-38(53-15-57-42(28)65)49-8-21-4-2-1-3-5-21/h1-5,12-19,22-24,29-34,43-45,66-69H,6-11,20H2,(H,70,71)(H,72,73)(H,74,75)(H2,46,50,54)(H2,47,51,55)(H2,48,52,56)(H,49,53,57)/p-3/t22-,23-,24-,29-,30-,31-,32-,33-,34-,43-,44-,45-/m1/s1. The van der Waals surface area contributed by atoms with Crippen LogP contribution in [0.5, 0.6) is 0 Å². The van der Waals surface area contributed by atoms with Gasteiger partial charge in [0.05, 0.1) is 58.3 Å². The molecule has 8 aromatic heterocycles. The Morgan fingerprint density at radius 1 is 0.523 bits per heavy atom. The molecule has 0 bridgehead atoms. The summed E-state index contributed by atoms with van der Waals surface area (Å²) in [7, 11) is -16.9. The van der Waals surface area contributed by atoms with E-state index in [2.05, 4.69) is 65.1 Å². The highest BCUT2D eigenvalue weighted by molar-refractivity contribution is 7.46.